The average molecular weight is 316 g/mol. The Bertz CT molecular complexity index is 555. The third kappa shape index (κ3) is 4.34. The van der Waals surface area contributed by atoms with Crippen LogP contribution >= 0.6 is 0 Å². The van der Waals surface area contributed by atoms with E-state index < -0.39 is 5.41 Å². The Labute approximate surface area is 139 Å². The Hall–Kier alpha value is -1.84. The molecule has 4 heteroatoms. The van der Waals surface area contributed by atoms with Gasteiger partial charge in [-0.1, -0.05) is 38.8 Å². The summed E-state index contributed by atoms with van der Waals surface area (Å²) < 4.78 is 0. The lowest BCUT2D eigenvalue weighted by Gasteiger charge is -2.25. The van der Waals surface area contributed by atoms with Gasteiger partial charge in [-0.15, -0.1) is 0 Å². The molecule has 2 amide bonds. The third-order valence-electron chi connectivity index (χ3n) is 4.66. The summed E-state index contributed by atoms with van der Waals surface area (Å²) >= 11 is 0. The van der Waals surface area contributed by atoms with Gasteiger partial charge in [0, 0.05) is 11.7 Å². The molecule has 0 saturated heterocycles. The van der Waals surface area contributed by atoms with Crippen LogP contribution in [0, 0.1) is 5.41 Å². The summed E-state index contributed by atoms with van der Waals surface area (Å²) in [5, 5.41) is 5.86. The molecule has 1 aliphatic carbocycles. The molecule has 1 aromatic carbocycles. The summed E-state index contributed by atoms with van der Waals surface area (Å²) in [4.78, 5) is 24.9. The second kappa shape index (κ2) is 7.16. The molecule has 1 aliphatic rings. The summed E-state index contributed by atoms with van der Waals surface area (Å²) in [6.45, 7) is 7.61. The van der Waals surface area contributed by atoms with Gasteiger partial charge in [0.05, 0.1) is 0 Å². The average Bonchev–Trinajstić information content (AvgIpc) is 3.00. The lowest BCUT2D eigenvalue weighted by molar-refractivity contribution is -0.138. The van der Waals surface area contributed by atoms with E-state index >= 15 is 0 Å². The molecule has 1 fully saturated rings. The fourth-order valence-corrected chi connectivity index (χ4v) is 2.78. The minimum Gasteiger partial charge on any atom is -0.352 e. The van der Waals surface area contributed by atoms with Crippen LogP contribution in [0.25, 0.3) is 0 Å². The van der Waals surface area contributed by atoms with Gasteiger partial charge < -0.3 is 10.6 Å². The van der Waals surface area contributed by atoms with Crippen molar-refractivity contribution >= 4 is 17.5 Å². The summed E-state index contributed by atoms with van der Waals surface area (Å²) in [6.07, 6.45) is 4.33. The van der Waals surface area contributed by atoms with Gasteiger partial charge in [0.25, 0.3) is 0 Å². The highest BCUT2D eigenvalue weighted by atomic mass is 16.2. The maximum absolute atomic E-state index is 12.5. The largest absolute Gasteiger partial charge is 0.352 e. The molecule has 126 valence electrons. The molecule has 0 bridgehead atoms. The maximum atomic E-state index is 12.5. The molecule has 1 saturated carbocycles. The fraction of sp³-hybridized carbons (Fsp3) is 0.579. The molecule has 0 heterocycles. The topological polar surface area (TPSA) is 58.2 Å². The van der Waals surface area contributed by atoms with Crippen molar-refractivity contribution in [1.82, 2.24) is 5.32 Å². The van der Waals surface area contributed by atoms with E-state index in [2.05, 4.69) is 24.5 Å². The van der Waals surface area contributed by atoms with Crippen molar-refractivity contribution in [3.8, 4) is 0 Å². The van der Waals surface area contributed by atoms with Crippen LogP contribution in [0.3, 0.4) is 0 Å². The zero-order valence-electron chi connectivity index (χ0n) is 14.6. The van der Waals surface area contributed by atoms with Gasteiger partial charge in [-0.3, -0.25) is 9.59 Å². The standard InChI is InChI=1S/C19H28N2O2/c1-13(2)14-9-11-16(12-10-14)21-18(23)19(3,4)17(22)20-15-7-5-6-8-15/h9-13,15H,5-8H2,1-4H3,(H,20,22)(H,21,23). The quantitative estimate of drug-likeness (QED) is 0.811. The smallest absolute Gasteiger partial charge is 0.239 e. The van der Waals surface area contributed by atoms with Crippen LogP contribution < -0.4 is 10.6 Å². The Morgan fingerprint density at radius 2 is 1.61 bits per heavy atom. The molecule has 2 rings (SSSR count). The SMILES string of the molecule is CC(C)c1ccc(NC(=O)C(C)(C)C(=O)NC2CCCC2)cc1. The van der Waals surface area contributed by atoms with Crippen molar-refractivity contribution < 1.29 is 9.59 Å². The van der Waals surface area contributed by atoms with Gasteiger partial charge in [0.15, 0.2) is 0 Å². The molecule has 1 aromatic rings. The molecule has 0 aromatic heterocycles. The summed E-state index contributed by atoms with van der Waals surface area (Å²) in [6, 6.07) is 8.01. The minimum absolute atomic E-state index is 0.194. The summed E-state index contributed by atoms with van der Waals surface area (Å²) in [5.74, 6) is -0.0145. The van der Waals surface area contributed by atoms with Crippen molar-refractivity contribution in [1.29, 1.82) is 0 Å². The molecule has 0 unspecified atom stereocenters. The van der Waals surface area contributed by atoms with Gasteiger partial charge in [0.2, 0.25) is 11.8 Å². The second-order valence-electron chi connectivity index (χ2n) is 7.31. The number of anilines is 1. The van der Waals surface area contributed by atoms with Gasteiger partial charge in [-0.05, 0) is 50.3 Å². The number of hydrogen-bond acceptors (Lipinski definition) is 2. The maximum Gasteiger partial charge on any atom is 0.239 e. The lowest BCUT2D eigenvalue weighted by atomic mass is 9.90. The first kappa shape index (κ1) is 17.5. The van der Waals surface area contributed by atoms with Crippen LogP contribution in [0.1, 0.15) is 64.9 Å². The zero-order chi connectivity index (χ0) is 17.0. The number of hydrogen-bond donors (Lipinski definition) is 2. The van der Waals surface area contributed by atoms with Crippen LogP contribution in [0.5, 0.6) is 0 Å². The molecule has 0 spiro atoms. The first-order valence-corrected chi connectivity index (χ1v) is 8.53. The van der Waals surface area contributed by atoms with Crippen molar-refractivity contribution in [2.24, 2.45) is 5.41 Å². The number of carbonyl (C=O) groups excluding carboxylic acids is 2. The van der Waals surface area contributed by atoms with E-state index in [1.54, 1.807) is 13.8 Å². The number of amides is 2. The second-order valence-corrected chi connectivity index (χ2v) is 7.31. The monoisotopic (exact) mass is 316 g/mol. The van der Waals surface area contributed by atoms with Crippen molar-refractivity contribution in [3.63, 3.8) is 0 Å². The first-order valence-electron chi connectivity index (χ1n) is 8.53. The van der Waals surface area contributed by atoms with E-state index in [9.17, 15) is 9.59 Å². The van der Waals surface area contributed by atoms with Crippen LogP contribution in [0.15, 0.2) is 24.3 Å². The van der Waals surface area contributed by atoms with Gasteiger partial charge in [-0.25, -0.2) is 0 Å². The van der Waals surface area contributed by atoms with Crippen molar-refractivity contribution in [2.45, 2.75) is 65.3 Å². The van der Waals surface area contributed by atoms with Crippen molar-refractivity contribution in [3.05, 3.63) is 29.8 Å². The predicted octanol–water partition coefficient (Wildman–Crippen LogP) is 3.83. The fourth-order valence-electron chi connectivity index (χ4n) is 2.78. The van der Waals surface area contributed by atoms with E-state index in [1.807, 2.05) is 24.3 Å². The Balaban J connectivity index is 1.98. The van der Waals surface area contributed by atoms with Crippen LogP contribution in [-0.2, 0) is 9.59 Å². The van der Waals surface area contributed by atoms with Gasteiger partial charge in [-0.2, -0.15) is 0 Å². The Morgan fingerprint density at radius 1 is 1.04 bits per heavy atom. The molecule has 0 atom stereocenters. The molecular weight excluding hydrogens is 288 g/mol. The summed E-state index contributed by atoms with van der Waals surface area (Å²) in [7, 11) is 0. The molecule has 4 nitrogen and oxygen atoms in total. The van der Waals surface area contributed by atoms with Crippen LogP contribution in [0.2, 0.25) is 0 Å². The first-order chi connectivity index (χ1) is 10.8. The van der Waals surface area contributed by atoms with E-state index in [-0.39, 0.29) is 17.9 Å². The normalized spacial score (nSPS) is 15.7. The van der Waals surface area contributed by atoms with E-state index in [4.69, 9.17) is 0 Å². The highest BCUT2D eigenvalue weighted by Crippen LogP contribution is 2.23. The Morgan fingerprint density at radius 3 is 2.13 bits per heavy atom. The van der Waals surface area contributed by atoms with Crippen molar-refractivity contribution in [2.75, 3.05) is 5.32 Å². The predicted molar refractivity (Wildman–Crippen MR) is 93.3 cm³/mol. The highest BCUT2D eigenvalue weighted by molar-refractivity contribution is 6.09. The molecule has 0 aliphatic heterocycles. The number of nitrogens with one attached hydrogen (secondary N) is 2. The van der Waals surface area contributed by atoms with Gasteiger partial charge in [0.1, 0.15) is 5.41 Å². The molecular formula is C19H28N2O2. The van der Waals surface area contributed by atoms with Crippen LogP contribution in [-0.4, -0.2) is 17.9 Å². The summed E-state index contributed by atoms with van der Waals surface area (Å²) in [5.41, 5.74) is 0.863. The van der Waals surface area contributed by atoms with E-state index in [0.29, 0.717) is 5.92 Å². The third-order valence-corrected chi connectivity index (χ3v) is 4.66. The molecule has 23 heavy (non-hydrogen) atoms. The number of carbonyl (C=O) groups is 2. The number of rotatable bonds is 5. The van der Waals surface area contributed by atoms with Crippen LogP contribution in [0.4, 0.5) is 5.69 Å². The number of benzene rings is 1. The molecule has 0 radical (unpaired) electrons. The Kier molecular flexibility index (Phi) is 5.45. The highest BCUT2D eigenvalue weighted by Gasteiger charge is 2.37. The zero-order valence-corrected chi connectivity index (χ0v) is 14.6. The minimum atomic E-state index is -1.08. The lowest BCUT2D eigenvalue weighted by Crippen LogP contribution is -2.47. The van der Waals surface area contributed by atoms with Gasteiger partial charge >= 0.3 is 0 Å². The van der Waals surface area contributed by atoms with E-state index in [1.165, 1.54) is 5.56 Å². The van der Waals surface area contributed by atoms with E-state index in [0.717, 1.165) is 31.4 Å². The molecule has 2 N–H and O–H groups in total.